The lowest BCUT2D eigenvalue weighted by Gasteiger charge is -2.29. The van der Waals surface area contributed by atoms with Gasteiger partial charge >= 0.3 is 0 Å². The molecule has 4 rings (SSSR count). The lowest BCUT2D eigenvalue weighted by molar-refractivity contribution is 0.334. The van der Waals surface area contributed by atoms with Crippen LogP contribution in [0.2, 0.25) is 5.02 Å². The second-order valence-electron chi connectivity index (χ2n) is 6.84. The molecule has 1 N–H and O–H groups in total. The van der Waals surface area contributed by atoms with Crippen LogP contribution in [0.4, 0.5) is 0 Å². The lowest BCUT2D eigenvalue weighted by Crippen LogP contribution is -2.37. The van der Waals surface area contributed by atoms with E-state index in [1.165, 1.54) is 36.8 Å². The van der Waals surface area contributed by atoms with Gasteiger partial charge in [0.25, 0.3) is 0 Å². The number of halogens is 1. The fourth-order valence-electron chi connectivity index (χ4n) is 4.35. The minimum absolute atomic E-state index is 0.266. The van der Waals surface area contributed by atoms with Gasteiger partial charge in [-0.2, -0.15) is 0 Å². The highest BCUT2D eigenvalue weighted by atomic mass is 35.5. The summed E-state index contributed by atoms with van der Waals surface area (Å²) < 4.78 is 0. The van der Waals surface area contributed by atoms with Gasteiger partial charge in [-0.25, -0.2) is 0 Å². The van der Waals surface area contributed by atoms with E-state index >= 15 is 0 Å². The fraction of sp³-hybridized carbons (Fsp3) is 0.400. The predicted molar refractivity (Wildman–Crippen MR) is 92.1 cm³/mol. The third-order valence-corrected chi connectivity index (χ3v) is 5.71. The van der Waals surface area contributed by atoms with Gasteiger partial charge in [0.2, 0.25) is 0 Å². The summed E-state index contributed by atoms with van der Waals surface area (Å²) in [7, 11) is 0. The minimum atomic E-state index is 0.266. The van der Waals surface area contributed by atoms with Crippen molar-refractivity contribution in [3.63, 3.8) is 0 Å². The molecule has 4 atom stereocenters. The average molecular weight is 312 g/mol. The van der Waals surface area contributed by atoms with Gasteiger partial charge in [0, 0.05) is 11.1 Å². The number of rotatable bonds is 4. The van der Waals surface area contributed by atoms with E-state index in [1.54, 1.807) is 0 Å². The molecule has 0 radical (unpaired) electrons. The summed E-state index contributed by atoms with van der Waals surface area (Å²) in [5, 5.41) is 4.76. The Morgan fingerprint density at radius 1 is 0.864 bits per heavy atom. The highest BCUT2D eigenvalue weighted by Gasteiger charge is 2.40. The molecule has 2 aliphatic carbocycles. The smallest absolute Gasteiger partial charge is 0.0578 e. The van der Waals surface area contributed by atoms with Crippen LogP contribution in [0, 0.1) is 11.8 Å². The van der Waals surface area contributed by atoms with E-state index in [-0.39, 0.29) is 6.04 Å². The van der Waals surface area contributed by atoms with Crippen molar-refractivity contribution < 1.29 is 0 Å². The van der Waals surface area contributed by atoms with Crippen LogP contribution in [0.1, 0.15) is 42.9 Å². The van der Waals surface area contributed by atoms with Gasteiger partial charge in [0.1, 0.15) is 0 Å². The monoisotopic (exact) mass is 311 g/mol. The predicted octanol–water partition coefficient (Wildman–Crippen LogP) is 5.21. The molecule has 2 aliphatic rings. The minimum Gasteiger partial charge on any atom is -0.303 e. The molecule has 2 heteroatoms. The summed E-state index contributed by atoms with van der Waals surface area (Å²) in [6.45, 7) is 0. The van der Waals surface area contributed by atoms with Crippen LogP contribution in [-0.4, -0.2) is 6.04 Å². The molecule has 0 spiro atoms. The van der Waals surface area contributed by atoms with Crippen LogP contribution in [0.15, 0.2) is 54.6 Å². The average Bonchev–Trinajstić information content (AvgIpc) is 3.17. The van der Waals surface area contributed by atoms with Crippen LogP contribution < -0.4 is 5.32 Å². The summed E-state index contributed by atoms with van der Waals surface area (Å²) in [5.41, 5.74) is 2.64. The number of fused-ring (bicyclic) bond motifs is 2. The molecule has 2 bridgehead atoms. The summed E-state index contributed by atoms with van der Waals surface area (Å²) in [6, 6.07) is 20.0. The number of hydrogen-bond donors (Lipinski definition) is 1. The Kier molecular flexibility index (Phi) is 3.94. The molecule has 0 amide bonds. The summed E-state index contributed by atoms with van der Waals surface area (Å²) in [5.74, 6) is 1.84. The Morgan fingerprint density at radius 2 is 1.59 bits per heavy atom. The largest absolute Gasteiger partial charge is 0.303 e. The number of nitrogens with one attached hydrogen (secondary N) is 1. The zero-order valence-corrected chi connectivity index (χ0v) is 13.5. The van der Waals surface area contributed by atoms with Gasteiger partial charge in [-0.05, 0) is 54.4 Å². The molecule has 2 aromatic carbocycles. The molecule has 0 saturated heterocycles. The Balaban J connectivity index is 1.62. The normalized spacial score (nSPS) is 28.0. The first-order valence-corrected chi connectivity index (χ1v) is 8.74. The highest BCUT2D eigenvalue weighted by molar-refractivity contribution is 6.30. The van der Waals surface area contributed by atoms with Crippen molar-refractivity contribution in [3.8, 4) is 0 Å². The van der Waals surface area contributed by atoms with E-state index in [0.29, 0.717) is 6.04 Å². The first-order chi connectivity index (χ1) is 10.8. The van der Waals surface area contributed by atoms with Gasteiger partial charge < -0.3 is 5.32 Å². The Morgan fingerprint density at radius 3 is 2.23 bits per heavy atom. The Hall–Kier alpha value is -1.31. The molecule has 0 unspecified atom stereocenters. The van der Waals surface area contributed by atoms with Gasteiger partial charge in [0.05, 0.1) is 6.04 Å². The first-order valence-electron chi connectivity index (χ1n) is 8.36. The van der Waals surface area contributed by atoms with E-state index in [4.69, 9.17) is 11.6 Å². The second-order valence-corrected chi connectivity index (χ2v) is 7.28. The molecule has 0 aliphatic heterocycles. The molecule has 2 fully saturated rings. The zero-order chi connectivity index (χ0) is 14.9. The number of hydrogen-bond acceptors (Lipinski definition) is 1. The molecule has 0 aromatic heterocycles. The summed E-state index contributed by atoms with van der Waals surface area (Å²) >= 11 is 6.06. The van der Waals surface area contributed by atoms with Crippen molar-refractivity contribution in [1.82, 2.24) is 5.32 Å². The summed E-state index contributed by atoms with van der Waals surface area (Å²) in [6.07, 6.45) is 5.63. The summed E-state index contributed by atoms with van der Waals surface area (Å²) in [4.78, 5) is 0. The van der Waals surface area contributed by atoms with Crippen molar-refractivity contribution in [2.24, 2.45) is 11.8 Å². The maximum Gasteiger partial charge on any atom is 0.0578 e. The van der Waals surface area contributed by atoms with Gasteiger partial charge in [-0.3, -0.25) is 0 Å². The molecule has 114 valence electrons. The van der Waals surface area contributed by atoms with Crippen LogP contribution in [-0.2, 0) is 0 Å². The SMILES string of the molecule is Clc1ccc([C@@H](N[C@@H]2C[C@@H]3CC[C@@H]2C3)c2ccccc2)cc1. The molecule has 2 saturated carbocycles. The van der Waals surface area contributed by atoms with Gasteiger partial charge in [-0.1, -0.05) is 60.5 Å². The maximum atomic E-state index is 6.06. The fourth-order valence-corrected chi connectivity index (χ4v) is 4.47. The Labute approximate surface area is 137 Å². The molecule has 1 nitrogen and oxygen atoms in total. The molecule has 0 heterocycles. The van der Waals surface area contributed by atoms with E-state index in [9.17, 15) is 0 Å². The van der Waals surface area contributed by atoms with E-state index < -0.39 is 0 Å². The third kappa shape index (κ3) is 2.80. The van der Waals surface area contributed by atoms with Crippen molar-refractivity contribution in [1.29, 1.82) is 0 Å². The van der Waals surface area contributed by atoms with Gasteiger partial charge in [-0.15, -0.1) is 0 Å². The van der Waals surface area contributed by atoms with Crippen LogP contribution in [0.5, 0.6) is 0 Å². The molecule has 22 heavy (non-hydrogen) atoms. The van der Waals surface area contributed by atoms with Crippen LogP contribution >= 0.6 is 11.6 Å². The lowest BCUT2D eigenvalue weighted by atomic mass is 9.92. The molecular weight excluding hydrogens is 290 g/mol. The van der Waals surface area contributed by atoms with Crippen LogP contribution in [0.25, 0.3) is 0 Å². The van der Waals surface area contributed by atoms with E-state index in [0.717, 1.165) is 16.9 Å². The second kappa shape index (κ2) is 6.06. The topological polar surface area (TPSA) is 12.0 Å². The molecular formula is C20H22ClN. The molecule has 2 aromatic rings. The highest BCUT2D eigenvalue weighted by Crippen LogP contribution is 2.45. The first kappa shape index (κ1) is 14.3. The quantitative estimate of drug-likeness (QED) is 0.817. The van der Waals surface area contributed by atoms with Crippen molar-refractivity contribution in [3.05, 3.63) is 70.7 Å². The zero-order valence-electron chi connectivity index (χ0n) is 12.7. The van der Waals surface area contributed by atoms with Crippen molar-refractivity contribution in [2.75, 3.05) is 0 Å². The van der Waals surface area contributed by atoms with E-state index in [1.807, 2.05) is 12.1 Å². The van der Waals surface area contributed by atoms with Crippen molar-refractivity contribution in [2.45, 2.75) is 37.8 Å². The number of benzene rings is 2. The van der Waals surface area contributed by atoms with Crippen LogP contribution in [0.3, 0.4) is 0 Å². The third-order valence-electron chi connectivity index (χ3n) is 5.46. The maximum absolute atomic E-state index is 6.06. The van der Waals surface area contributed by atoms with E-state index in [2.05, 4.69) is 47.8 Å². The Bertz CT molecular complexity index is 622. The van der Waals surface area contributed by atoms with Gasteiger partial charge in [0.15, 0.2) is 0 Å². The van der Waals surface area contributed by atoms with Crippen molar-refractivity contribution >= 4 is 11.6 Å². The standard InChI is InChI=1S/C20H22ClN/c21-18-10-8-16(9-11-18)20(15-4-2-1-3-5-15)22-19-13-14-6-7-17(19)12-14/h1-5,8-11,14,17,19-20,22H,6-7,12-13H2/t14-,17-,19-,20+/m1/s1.